The van der Waals surface area contributed by atoms with Gasteiger partial charge in [-0.3, -0.25) is 0 Å². The Morgan fingerprint density at radius 3 is 2.15 bits per heavy atom. The van der Waals surface area contributed by atoms with Crippen molar-refractivity contribution < 1.29 is 4.52 Å². The maximum absolute atomic E-state index is 6.43. The van der Waals surface area contributed by atoms with Gasteiger partial charge in [0.05, 0.1) is 6.10 Å². The van der Waals surface area contributed by atoms with E-state index in [2.05, 4.69) is 60.7 Å². The van der Waals surface area contributed by atoms with Gasteiger partial charge in [-0.25, -0.2) is 9.34 Å². The van der Waals surface area contributed by atoms with Crippen LogP contribution in [0.2, 0.25) is 0 Å². The second-order valence-electron chi connectivity index (χ2n) is 5.98. The molecule has 0 N–H and O–H groups in total. The van der Waals surface area contributed by atoms with Gasteiger partial charge < -0.3 is 4.52 Å². The minimum atomic E-state index is -0.614. The Hall–Kier alpha value is -0.470. The first-order chi connectivity index (χ1) is 9.68. The zero-order valence-corrected chi connectivity index (χ0v) is 13.6. The summed E-state index contributed by atoms with van der Waals surface area (Å²) in [5, 5.41) is 0. The molecule has 1 aromatic carbocycles. The third kappa shape index (κ3) is 2.65. The number of fused-ring (bicyclic) bond motifs is 1. The smallest absolute Gasteiger partial charge is 0.188 e. The predicted molar refractivity (Wildman–Crippen MR) is 84.4 cm³/mol. The number of benzene rings is 1. The fourth-order valence-corrected chi connectivity index (χ4v) is 5.71. The largest absolute Gasteiger partial charge is 0.323 e. The van der Waals surface area contributed by atoms with E-state index in [0.29, 0.717) is 12.1 Å². The number of likely N-dealkylation sites (N-methyl/N-ethyl adjacent to an activating group) is 2. The molecule has 20 heavy (non-hydrogen) atoms. The van der Waals surface area contributed by atoms with Gasteiger partial charge in [0.1, 0.15) is 0 Å². The Bertz CT molecular complexity index is 423. The van der Waals surface area contributed by atoms with Gasteiger partial charge in [0.15, 0.2) is 8.45 Å². The molecule has 1 aliphatic heterocycles. The highest BCUT2D eigenvalue weighted by Crippen LogP contribution is 2.57. The van der Waals surface area contributed by atoms with Crippen LogP contribution in [0, 0.1) is 0 Å². The number of rotatable bonds is 3. The first-order valence-corrected chi connectivity index (χ1v) is 8.82. The lowest BCUT2D eigenvalue weighted by atomic mass is 9.91. The van der Waals surface area contributed by atoms with Crippen molar-refractivity contribution in [2.75, 3.05) is 14.1 Å². The first-order valence-electron chi connectivity index (χ1n) is 7.66. The molecule has 2 fully saturated rings. The van der Waals surface area contributed by atoms with E-state index in [9.17, 15) is 0 Å². The van der Waals surface area contributed by atoms with Crippen LogP contribution in [0.1, 0.15) is 44.3 Å². The normalized spacial score (nSPS) is 30.4. The third-order valence-electron chi connectivity index (χ3n) is 4.71. The Morgan fingerprint density at radius 1 is 1.05 bits per heavy atom. The number of hydrogen-bond acceptors (Lipinski definition) is 3. The molecular formula is C16H25N2OP. The SMILES string of the molecule is C[C@H](OP1N(C)[C@@H]2CCCC[C@H]2N1C)c1ccccc1. The van der Waals surface area contributed by atoms with E-state index >= 15 is 0 Å². The van der Waals surface area contributed by atoms with Gasteiger partial charge in [0.2, 0.25) is 0 Å². The van der Waals surface area contributed by atoms with Crippen LogP contribution in [-0.2, 0) is 4.52 Å². The van der Waals surface area contributed by atoms with Crippen LogP contribution in [0.3, 0.4) is 0 Å². The standard InChI is InChI=1S/C16H25N2OP/c1-13(14-9-5-4-6-10-14)19-20-17(2)15-11-7-8-12-16(15)18(20)3/h4-6,9-10,13,15-16H,7-8,11-12H2,1-3H3/t13-,15+,16+/m0/s1. The maximum Gasteiger partial charge on any atom is 0.188 e. The van der Waals surface area contributed by atoms with Crippen molar-refractivity contribution in [2.24, 2.45) is 0 Å². The van der Waals surface area contributed by atoms with Crippen molar-refractivity contribution in [1.82, 2.24) is 9.34 Å². The molecule has 0 amide bonds. The summed E-state index contributed by atoms with van der Waals surface area (Å²) in [6, 6.07) is 11.9. The molecule has 110 valence electrons. The Balaban J connectivity index is 1.70. The quantitative estimate of drug-likeness (QED) is 0.777. The van der Waals surface area contributed by atoms with Crippen molar-refractivity contribution in [1.29, 1.82) is 0 Å². The van der Waals surface area contributed by atoms with Crippen LogP contribution in [0.5, 0.6) is 0 Å². The number of nitrogens with zero attached hydrogens (tertiary/aromatic N) is 2. The van der Waals surface area contributed by atoms with Gasteiger partial charge in [-0.1, -0.05) is 43.2 Å². The van der Waals surface area contributed by atoms with Gasteiger partial charge >= 0.3 is 0 Å². The summed E-state index contributed by atoms with van der Waals surface area (Å²) in [6.45, 7) is 2.17. The summed E-state index contributed by atoms with van der Waals surface area (Å²) >= 11 is 0. The van der Waals surface area contributed by atoms with E-state index in [4.69, 9.17) is 4.52 Å². The van der Waals surface area contributed by atoms with Crippen LogP contribution in [0.4, 0.5) is 0 Å². The lowest BCUT2D eigenvalue weighted by Crippen LogP contribution is -2.37. The van der Waals surface area contributed by atoms with Crippen LogP contribution < -0.4 is 0 Å². The molecule has 2 aliphatic rings. The summed E-state index contributed by atoms with van der Waals surface area (Å²) in [5.74, 6) is 0. The van der Waals surface area contributed by atoms with Crippen molar-refractivity contribution in [2.45, 2.75) is 50.8 Å². The molecule has 1 aromatic rings. The van der Waals surface area contributed by atoms with E-state index in [1.807, 2.05) is 0 Å². The third-order valence-corrected chi connectivity index (χ3v) is 6.89. The molecule has 0 radical (unpaired) electrons. The molecule has 1 saturated carbocycles. The molecule has 0 aromatic heterocycles. The molecule has 1 heterocycles. The molecule has 0 bridgehead atoms. The highest BCUT2D eigenvalue weighted by molar-refractivity contribution is 7.47. The van der Waals surface area contributed by atoms with Crippen molar-refractivity contribution >= 4 is 8.45 Å². The topological polar surface area (TPSA) is 15.7 Å². The predicted octanol–water partition coefficient (Wildman–Crippen LogP) is 4.18. The second kappa shape index (κ2) is 6.11. The van der Waals surface area contributed by atoms with Gasteiger partial charge in [-0.2, -0.15) is 0 Å². The average Bonchev–Trinajstić information content (AvgIpc) is 2.74. The molecular weight excluding hydrogens is 267 g/mol. The van der Waals surface area contributed by atoms with Crippen molar-refractivity contribution in [3.05, 3.63) is 35.9 Å². The van der Waals surface area contributed by atoms with E-state index in [1.165, 1.54) is 31.2 Å². The fourth-order valence-electron chi connectivity index (χ4n) is 3.51. The molecule has 3 nitrogen and oxygen atoms in total. The monoisotopic (exact) mass is 292 g/mol. The molecule has 3 atom stereocenters. The zero-order chi connectivity index (χ0) is 14.1. The molecule has 0 spiro atoms. The van der Waals surface area contributed by atoms with E-state index in [-0.39, 0.29) is 6.10 Å². The molecule has 1 saturated heterocycles. The highest BCUT2D eigenvalue weighted by Gasteiger charge is 2.46. The molecule has 3 rings (SSSR count). The van der Waals surface area contributed by atoms with Crippen LogP contribution in [0.25, 0.3) is 0 Å². The van der Waals surface area contributed by atoms with E-state index < -0.39 is 8.45 Å². The summed E-state index contributed by atoms with van der Waals surface area (Å²) < 4.78 is 11.4. The lowest BCUT2D eigenvalue weighted by molar-refractivity contribution is 0.223. The van der Waals surface area contributed by atoms with Crippen molar-refractivity contribution in [3.8, 4) is 0 Å². The fraction of sp³-hybridized carbons (Fsp3) is 0.625. The Kier molecular flexibility index (Phi) is 4.42. The number of hydrogen-bond donors (Lipinski definition) is 0. The first kappa shape index (κ1) is 14.5. The average molecular weight is 292 g/mol. The van der Waals surface area contributed by atoms with Gasteiger partial charge in [0, 0.05) is 12.1 Å². The molecule has 1 aliphatic carbocycles. The van der Waals surface area contributed by atoms with Gasteiger partial charge in [0.25, 0.3) is 0 Å². The van der Waals surface area contributed by atoms with Crippen LogP contribution >= 0.6 is 8.45 Å². The van der Waals surface area contributed by atoms with E-state index in [0.717, 1.165) is 0 Å². The summed E-state index contributed by atoms with van der Waals surface area (Å²) in [7, 11) is 3.88. The van der Waals surface area contributed by atoms with Crippen LogP contribution in [0.15, 0.2) is 30.3 Å². The lowest BCUT2D eigenvalue weighted by Gasteiger charge is -2.28. The van der Waals surface area contributed by atoms with E-state index in [1.54, 1.807) is 0 Å². The highest BCUT2D eigenvalue weighted by atomic mass is 31.2. The molecule has 4 heteroatoms. The zero-order valence-electron chi connectivity index (χ0n) is 12.7. The van der Waals surface area contributed by atoms with Gasteiger partial charge in [-0.05, 0) is 39.4 Å². The second-order valence-corrected chi connectivity index (χ2v) is 7.96. The van der Waals surface area contributed by atoms with Gasteiger partial charge in [-0.15, -0.1) is 0 Å². The minimum Gasteiger partial charge on any atom is -0.323 e. The Labute approximate surface area is 123 Å². The van der Waals surface area contributed by atoms with Crippen molar-refractivity contribution in [3.63, 3.8) is 0 Å². The summed E-state index contributed by atoms with van der Waals surface area (Å²) in [6.07, 6.45) is 5.56. The molecule has 0 unspecified atom stereocenters. The minimum absolute atomic E-state index is 0.160. The summed E-state index contributed by atoms with van der Waals surface area (Å²) in [4.78, 5) is 0. The maximum atomic E-state index is 6.43. The summed E-state index contributed by atoms with van der Waals surface area (Å²) in [5.41, 5.74) is 1.27. The van der Waals surface area contributed by atoms with Crippen LogP contribution in [-0.4, -0.2) is 35.5 Å². The Morgan fingerprint density at radius 2 is 1.60 bits per heavy atom.